The maximum absolute atomic E-state index is 11.8. The van der Waals surface area contributed by atoms with Crippen LogP contribution in [-0.4, -0.2) is 9.97 Å². The number of H-pyrrole nitrogens is 1. The largest absolute Gasteiger partial charge is 0.309 e. The maximum Gasteiger partial charge on any atom is 0.264 e. The fourth-order valence-electron chi connectivity index (χ4n) is 2.41. The molecule has 0 bridgehead atoms. The third-order valence-corrected chi connectivity index (χ3v) is 4.48. The van der Waals surface area contributed by atoms with Gasteiger partial charge in [-0.2, -0.15) is 0 Å². The Balaban J connectivity index is 2.35. The van der Waals surface area contributed by atoms with E-state index in [4.69, 9.17) is 0 Å². The maximum atomic E-state index is 11.8. The van der Waals surface area contributed by atoms with Gasteiger partial charge in [0.2, 0.25) is 0 Å². The Kier molecular flexibility index (Phi) is 3.66. The quantitative estimate of drug-likeness (QED) is 0.847. The van der Waals surface area contributed by atoms with Crippen LogP contribution < -0.4 is 5.56 Å². The Hall–Kier alpha value is -0.390. The van der Waals surface area contributed by atoms with Crippen LogP contribution in [-0.2, 0) is 6.42 Å². The molecule has 1 aromatic heterocycles. The molecule has 1 N–H and O–H groups in total. The summed E-state index contributed by atoms with van der Waals surface area (Å²) in [6.07, 6.45) is 4.40. The van der Waals surface area contributed by atoms with Gasteiger partial charge in [-0.1, -0.05) is 13.8 Å². The number of aromatic amines is 1. The van der Waals surface area contributed by atoms with Crippen LogP contribution in [0.4, 0.5) is 0 Å². The smallest absolute Gasteiger partial charge is 0.264 e. The van der Waals surface area contributed by atoms with Crippen LogP contribution in [0.3, 0.4) is 0 Å². The van der Waals surface area contributed by atoms with Crippen molar-refractivity contribution in [3.8, 4) is 0 Å². The first-order valence-electron chi connectivity index (χ1n) is 5.90. The van der Waals surface area contributed by atoms with Crippen molar-refractivity contribution in [2.24, 2.45) is 5.92 Å². The number of aryl methyl sites for hydroxylation is 1. The van der Waals surface area contributed by atoms with E-state index in [1.165, 1.54) is 6.42 Å². The average molecular weight is 332 g/mol. The molecule has 0 spiro atoms. The second kappa shape index (κ2) is 4.85. The Morgan fingerprint density at radius 3 is 2.81 bits per heavy atom. The molecule has 0 amide bonds. The van der Waals surface area contributed by atoms with Crippen LogP contribution in [0.2, 0.25) is 0 Å². The van der Waals surface area contributed by atoms with Crippen molar-refractivity contribution in [3.05, 3.63) is 25.4 Å². The molecule has 0 aromatic carbocycles. The molecule has 88 valence electrons. The zero-order valence-corrected chi connectivity index (χ0v) is 11.9. The van der Waals surface area contributed by atoms with E-state index in [0.29, 0.717) is 5.92 Å². The molecule has 0 aliphatic heterocycles. The van der Waals surface area contributed by atoms with Crippen LogP contribution in [0.15, 0.2) is 4.79 Å². The Morgan fingerprint density at radius 2 is 2.25 bits per heavy atom. The van der Waals surface area contributed by atoms with E-state index in [9.17, 15) is 4.79 Å². The molecule has 1 aliphatic carbocycles. The molecule has 0 radical (unpaired) electrons. The Labute approximate surface area is 109 Å². The van der Waals surface area contributed by atoms with Gasteiger partial charge in [-0.3, -0.25) is 4.79 Å². The number of aromatic nitrogens is 2. The predicted molar refractivity (Wildman–Crippen MR) is 72.7 cm³/mol. The third kappa shape index (κ3) is 2.31. The molecule has 4 heteroatoms. The minimum atomic E-state index is 0.0296. The number of halogens is 1. The summed E-state index contributed by atoms with van der Waals surface area (Å²) in [5.74, 6) is 2.14. The summed E-state index contributed by atoms with van der Waals surface area (Å²) < 4.78 is 0.745. The normalized spacial score (nSPS) is 24.9. The van der Waals surface area contributed by atoms with E-state index in [-0.39, 0.29) is 5.56 Å². The molecular formula is C12H17IN2O. The van der Waals surface area contributed by atoms with Gasteiger partial charge in [0.05, 0.1) is 9.26 Å². The first-order valence-corrected chi connectivity index (χ1v) is 6.98. The lowest BCUT2D eigenvalue weighted by atomic mass is 10.1. The monoisotopic (exact) mass is 332 g/mol. The highest BCUT2D eigenvalue weighted by molar-refractivity contribution is 14.1. The van der Waals surface area contributed by atoms with Crippen LogP contribution in [0.5, 0.6) is 0 Å². The van der Waals surface area contributed by atoms with Gasteiger partial charge < -0.3 is 4.98 Å². The Morgan fingerprint density at radius 1 is 1.50 bits per heavy atom. The molecule has 1 saturated carbocycles. The Bertz CT molecular complexity index is 441. The van der Waals surface area contributed by atoms with Crippen LogP contribution >= 0.6 is 22.6 Å². The summed E-state index contributed by atoms with van der Waals surface area (Å²) >= 11 is 2.08. The fraction of sp³-hybridized carbons (Fsp3) is 0.667. The summed E-state index contributed by atoms with van der Waals surface area (Å²) in [7, 11) is 0. The average Bonchev–Trinajstić information content (AvgIpc) is 2.69. The second-order valence-electron chi connectivity index (χ2n) is 4.68. The van der Waals surface area contributed by atoms with Gasteiger partial charge in [0, 0.05) is 5.92 Å². The van der Waals surface area contributed by atoms with Gasteiger partial charge in [-0.15, -0.1) is 0 Å². The van der Waals surface area contributed by atoms with Crippen LogP contribution in [0, 0.1) is 9.49 Å². The van der Waals surface area contributed by atoms with Crippen molar-refractivity contribution in [3.63, 3.8) is 0 Å². The van der Waals surface area contributed by atoms with Crippen molar-refractivity contribution < 1.29 is 0 Å². The summed E-state index contributed by atoms with van der Waals surface area (Å²) in [4.78, 5) is 19.3. The lowest BCUT2D eigenvalue weighted by Crippen LogP contribution is -2.19. The zero-order valence-electron chi connectivity index (χ0n) is 9.72. The third-order valence-electron chi connectivity index (χ3n) is 3.37. The van der Waals surface area contributed by atoms with E-state index in [1.54, 1.807) is 0 Å². The molecule has 1 fully saturated rings. The second-order valence-corrected chi connectivity index (χ2v) is 5.76. The van der Waals surface area contributed by atoms with E-state index in [1.807, 2.05) is 6.92 Å². The SMILES string of the molecule is CCc1nc(C2CCC(C)C2)[nH]c(=O)c1I. The topological polar surface area (TPSA) is 45.8 Å². The highest BCUT2D eigenvalue weighted by Crippen LogP contribution is 2.36. The van der Waals surface area contributed by atoms with Crippen molar-refractivity contribution in [2.45, 2.75) is 45.4 Å². The summed E-state index contributed by atoms with van der Waals surface area (Å²) in [6, 6.07) is 0. The lowest BCUT2D eigenvalue weighted by molar-refractivity contribution is 0.582. The number of hydrogen-bond donors (Lipinski definition) is 1. The highest BCUT2D eigenvalue weighted by Gasteiger charge is 2.25. The number of nitrogens with one attached hydrogen (secondary N) is 1. The van der Waals surface area contributed by atoms with E-state index >= 15 is 0 Å². The molecule has 3 nitrogen and oxygen atoms in total. The fourth-order valence-corrected chi connectivity index (χ4v) is 3.04. The van der Waals surface area contributed by atoms with Crippen molar-refractivity contribution in [1.29, 1.82) is 0 Å². The van der Waals surface area contributed by atoms with E-state index in [2.05, 4.69) is 39.5 Å². The molecule has 2 unspecified atom stereocenters. The van der Waals surface area contributed by atoms with Crippen LogP contribution in [0.25, 0.3) is 0 Å². The minimum Gasteiger partial charge on any atom is -0.309 e. The van der Waals surface area contributed by atoms with Gasteiger partial charge >= 0.3 is 0 Å². The zero-order chi connectivity index (χ0) is 11.7. The van der Waals surface area contributed by atoms with E-state index < -0.39 is 0 Å². The van der Waals surface area contributed by atoms with Crippen molar-refractivity contribution >= 4 is 22.6 Å². The molecule has 16 heavy (non-hydrogen) atoms. The van der Waals surface area contributed by atoms with Crippen molar-refractivity contribution in [2.75, 3.05) is 0 Å². The summed E-state index contributed by atoms with van der Waals surface area (Å²) in [6.45, 7) is 4.32. The van der Waals surface area contributed by atoms with Gasteiger partial charge in [0.25, 0.3) is 5.56 Å². The predicted octanol–water partition coefficient (Wildman–Crippen LogP) is 2.84. The summed E-state index contributed by atoms with van der Waals surface area (Å²) in [5.41, 5.74) is 0.973. The number of nitrogens with zero attached hydrogens (tertiary/aromatic N) is 1. The molecule has 1 aliphatic rings. The van der Waals surface area contributed by atoms with Gasteiger partial charge in [0.1, 0.15) is 5.82 Å². The molecule has 2 atom stereocenters. The molecule has 1 heterocycles. The highest BCUT2D eigenvalue weighted by atomic mass is 127. The standard InChI is InChI=1S/C12H17IN2O/c1-3-9-10(13)12(16)15-11(14-9)8-5-4-7(2)6-8/h7-8H,3-6H2,1-2H3,(H,14,15,16). The molecular weight excluding hydrogens is 315 g/mol. The molecule has 1 aromatic rings. The van der Waals surface area contributed by atoms with E-state index in [0.717, 1.165) is 40.3 Å². The molecule has 0 saturated heterocycles. The first kappa shape index (κ1) is 12.1. The van der Waals surface area contributed by atoms with Crippen LogP contribution in [0.1, 0.15) is 50.5 Å². The van der Waals surface area contributed by atoms with Gasteiger partial charge in [-0.05, 0) is 54.2 Å². The van der Waals surface area contributed by atoms with Crippen molar-refractivity contribution in [1.82, 2.24) is 9.97 Å². The number of rotatable bonds is 2. The lowest BCUT2D eigenvalue weighted by Gasteiger charge is -2.10. The van der Waals surface area contributed by atoms with Gasteiger partial charge in [-0.25, -0.2) is 4.98 Å². The minimum absolute atomic E-state index is 0.0296. The summed E-state index contributed by atoms with van der Waals surface area (Å²) in [5, 5.41) is 0. The van der Waals surface area contributed by atoms with Gasteiger partial charge in [0.15, 0.2) is 0 Å². The first-order chi connectivity index (χ1) is 7.61. The molecule has 2 rings (SSSR count). The number of hydrogen-bond acceptors (Lipinski definition) is 2.